The number of benzene rings is 1. The van der Waals surface area contributed by atoms with Gasteiger partial charge in [-0.2, -0.15) is 0 Å². The first kappa shape index (κ1) is 19.1. The molecule has 25 heavy (non-hydrogen) atoms. The van der Waals surface area contributed by atoms with Crippen LogP contribution in [0.1, 0.15) is 31.9 Å². The van der Waals surface area contributed by atoms with Crippen LogP contribution in [0.15, 0.2) is 47.3 Å². The van der Waals surface area contributed by atoms with Gasteiger partial charge in [0.05, 0.1) is 19.1 Å². The Hall–Kier alpha value is -2.27. The highest BCUT2D eigenvalue weighted by molar-refractivity contribution is 5.77. The molecule has 0 aliphatic rings. The molecule has 2 rings (SSSR count). The molecular weight excluding hydrogens is 316 g/mol. The summed E-state index contributed by atoms with van der Waals surface area (Å²) in [5.74, 6) is 0.854. The van der Waals surface area contributed by atoms with Crippen molar-refractivity contribution in [3.05, 3.63) is 54.0 Å². The van der Waals surface area contributed by atoms with E-state index in [0.29, 0.717) is 6.54 Å². The summed E-state index contributed by atoms with van der Waals surface area (Å²) in [5.41, 5.74) is 2.34. The van der Waals surface area contributed by atoms with Crippen LogP contribution >= 0.6 is 0 Å². The number of carbonyl (C=O) groups excluding carboxylic acids is 1. The second-order valence-electron chi connectivity index (χ2n) is 6.78. The molecule has 2 aromatic rings. The third kappa shape index (κ3) is 6.63. The van der Waals surface area contributed by atoms with Gasteiger partial charge in [0.2, 0.25) is 5.91 Å². The van der Waals surface area contributed by atoms with Crippen LogP contribution in [0.25, 0.3) is 0 Å². The molecule has 5 heteroatoms. The van der Waals surface area contributed by atoms with Gasteiger partial charge in [-0.15, -0.1) is 0 Å². The molecule has 1 amide bonds. The highest BCUT2D eigenvalue weighted by Crippen LogP contribution is 2.17. The summed E-state index contributed by atoms with van der Waals surface area (Å²) >= 11 is 0. The summed E-state index contributed by atoms with van der Waals surface area (Å²) in [6.07, 6.45) is 3.38. The van der Waals surface area contributed by atoms with Crippen LogP contribution in [0, 0.1) is 5.92 Å². The largest absolute Gasteiger partial charge is 0.489 e. The van der Waals surface area contributed by atoms with Crippen molar-refractivity contribution in [3.8, 4) is 5.75 Å². The average molecular weight is 344 g/mol. The number of nitrogens with zero attached hydrogens (tertiary/aromatic N) is 1. The Bertz CT molecular complexity index is 653. The molecule has 0 aliphatic carbocycles. The van der Waals surface area contributed by atoms with Crippen LogP contribution in [0.2, 0.25) is 0 Å². The van der Waals surface area contributed by atoms with Gasteiger partial charge in [0, 0.05) is 24.6 Å². The second-order valence-corrected chi connectivity index (χ2v) is 6.78. The van der Waals surface area contributed by atoms with Crippen molar-refractivity contribution >= 4 is 5.91 Å². The third-order valence-electron chi connectivity index (χ3n) is 3.81. The lowest BCUT2D eigenvalue weighted by atomic mass is 10.2. The van der Waals surface area contributed by atoms with Crippen molar-refractivity contribution in [2.45, 2.75) is 40.0 Å². The first-order chi connectivity index (χ1) is 11.9. The van der Waals surface area contributed by atoms with E-state index in [0.717, 1.165) is 24.4 Å². The first-order valence-electron chi connectivity index (χ1n) is 8.67. The summed E-state index contributed by atoms with van der Waals surface area (Å²) in [5, 5.41) is 2.89. The quantitative estimate of drug-likeness (QED) is 0.757. The zero-order valence-electron chi connectivity index (χ0n) is 15.5. The molecule has 0 spiro atoms. The van der Waals surface area contributed by atoms with Crippen LogP contribution in [0.5, 0.6) is 5.75 Å². The Labute approximate surface area is 150 Å². The van der Waals surface area contributed by atoms with Crippen LogP contribution in [-0.4, -0.2) is 30.5 Å². The summed E-state index contributed by atoms with van der Waals surface area (Å²) in [4.78, 5) is 13.8. The zero-order chi connectivity index (χ0) is 18.2. The van der Waals surface area contributed by atoms with Crippen molar-refractivity contribution in [1.29, 1.82) is 0 Å². The minimum Gasteiger partial charge on any atom is -0.489 e. The summed E-state index contributed by atoms with van der Waals surface area (Å²) < 4.78 is 11.0. The SMILES string of the molecule is CC(CNC(=O)C(C)C)Oc1cccc(CN(C)Cc2ccoc2)c1. The van der Waals surface area contributed by atoms with Gasteiger partial charge in [0.15, 0.2) is 0 Å². The van der Waals surface area contributed by atoms with E-state index in [1.807, 2.05) is 45.0 Å². The van der Waals surface area contributed by atoms with E-state index in [1.54, 1.807) is 12.5 Å². The predicted molar refractivity (Wildman–Crippen MR) is 98.3 cm³/mol. The predicted octanol–water partition coefficient (Wildman–Crippen LogP) is 3.45. The molecule has 1 atom stereocenters. The molecule has 0 bridgehead atoms. The van der Waals surface area contributed by atoms with Crippen molar-refractivity contribution in [3.63, 3.8) is 0 Å². The van der Waals surface area contributed by atoms with Gasteiger partial charge in [-0.25, -0.2) is 0 Å². The smallest absolute Gasteiger partial charge is 0.222 e. The van der Waals surface area contributed by atoms with Crippen molar-refractivity contribution in [2.24, 2.45) is 5.92 Å². The number of nitrogens with one attached hydrogen (secondary N) is 1. The molecular formula is C20H28N2O3. The van der Waals surface area contributed by atoms with Crippen LogP contribution in [-0.2, 0) is 17.9 Å². The van der Waals surface area contributed by atoms with Gasteiger partial charge < -0.3 is 14.5 Å². The standard InChI is InChI=1S/C20H28N2O3/c1-15(2)20(23)21-11-16(3)25-19-7-5-6-17(10-19)12-22(4)13-18-8-9-24-14-18/h5-10,14-16H,11-13H2,1-4H3,(H,21,23). The Kier molecular flexibility index (Phi) is 7.07. The molecule has 0 aliphatic heterocycles. The fraction of sp³-hybridized carbons (Fsp3) is 0.450. The minimum atomic E-state index is -0.0818. The maximum atomic E-state index is 11.6. The number of rotatable bonds is 9. The molecule has 136 valence electrons. The topological polar surface area (TPSA) is 54.7 Å². The molecule has 1 heterocycles. The number of hydrogen-bond donors (Lipinski definition) is 1. The second kappa shape index (κ2) is 9.28. The number of furan rings is 1. The average Bonchev–Trinajstić information content (AvgIpc) is 3.05. The van der Waals surface area contributed by atoms with E-state index < -0.39 is 0 Å². The monoisotopic (exact) mass is 344 g/mol. The summed E-state index contributed by atoms with van der Waals surface area (Å²) in [7, 11) is 2.07. The Morgan fingerprint density at radius 1 is 1.20 bits per heavy atom. The van der Waals surface area contributed by atoms with Crippen LogP contribution in [0.3, 0.4) is 0 Å². The van der Waals surface area contributed by atoms with E-state index in [2.05, 4.69) is 23.3 Å². The van der Waals surface area contributed by atoms with Gasteiger partial charge in [-0.05, 0) is 37.7 Å². The Morgan fingerprint density at radius 3 is 2.64 bits per heavy atom. The lowest BCUT2D eigenvalue weighted by molar-refractivity contribution is -0.124. The van der Waals surface area contributed by atoms with E-state index in [-0.39, 0.29) is 17.9 Å². The van der Waals surface area contributed by atoms with Crippen molar-refractivity contribution < 1.29 is 13.9 Å². The molecule has 0 radical (unpaired) electrons. The van der Waals surface area contributed by atoms with Crippen molar-refractivity contribution in [1.82, 2.24) is 10.2 Å². The molecule has 1 aromatic heterocycles. The first-order valence-corrected chi connectivity index (χ1v) is 8.67. The van der Waals surface area contributed by atoms with E-state index in [1.165, 1.54) is 5.56 Å². The maximum Gasteiger partial charge on any atom is 0.222 e. The summed E-state index contributed by atoms with van der Waals surface area (Å²) in [6.45, 7) is 7.87. The number of carbonyl (C=O) groups is 1. The van der Waals surface area contributed by atoms with Gasteiger partial charge >= 0.3 is 0 Å². The Balaban J connectivity index is 1.84. The minimum absolute atomic E-state index is 0.0127. The van der Waals surface area contributed by atoms with Gasteiger partial charge in [-0.3, -0.25) is 9.69 Å². The zero-order valence-corrected chi connectivity index (χ0v) is 15.5. The molecule has 0 saturated heterocycles. The van der Waals surface area contributed by atoms with Crippen molar-refractivity contribution in [2.75, 3.05) is 13.6 Å². The molecule has 0 saturated carbocycles. The number of ether oxygens (including phenoxy) is 1. The fourth-order valence-electron chi connectivity index (χ4n) is 2.50. The maximum absolute atomic E-state index is 11.6. The summed E-state index contributed by atoms with van der Waals surface area (Å²) in [6, 6.07) is 10.1. The molecule has 1 N–H and O–H groups in total. The molecule has 0 fully saturated rings. The molecule has 1 unspecified atom stereocenters. The lowest BCUT2D eigenvalue weighted by Gasteiger charge is -2.19. The fourth-order valence-corrected chi connectivity index (χ4v) is 2.50. The highest BCUT2D eigenvalue weighted by atomic mass is 16.5. The molecule has 1 aromatic carbocycles. The Morgan fingerprint density at radius 2 is 1.96 bits per heavy atom. The lowest BCUT2D eigenvalue weighted by Crippen LogP contribution is -2.35. The third-order valence-corrected chi connectivity index (χ3v) is 3.81. The number of hydrogen-bond acceptors (Lipinski definition) is 4. The van der Waals surface area contributed by atoms with Gasteiger partial charge in [0.1, 0.15) is 11.9 Å². The van der Waals surface area contributed by atoms with E-state index in [9.17, 15) is 4.79 Å². The van der Waals surface area contributed by atoms with Crippen LogP contribution in [0.4, 0.5) is 0 Å². The van der Waals surface area contributed by atoms with Crippen LogP contribution < -0.4 is 10.1 Å². The van der Waals surface area contributed by atoms with Gasteiger partial charge in [-0.1, -0.05) is 26.0 Å². The van der Waals surface area contributed by atoms with E-state index in [4.69, 9.17) is 9.15 Å². The normalized spacial score (nSPS) is 12.4. The number of amides is 1. The van der Waals surface area contributed by atoms with Gasteiger partial charge in [0.25, 0.3) is 0 Å². The van der Waals surface area contributed by atoms with E-state index >= 15 is 0 Å². The highest BCUT2D eigenvalue weighted by Gasteiger charge is 2.10. The molecule has 5 nitrogen and oxygen atoms in total.